The highest BCUT2D eigenvalue weighted by atomic mass is 15.1. The third-order valence-electron chi connectivity index (χ3n) is 3.44. The van der Waals surface area contributed by atoms with Gasteiger partial charge in [0, 0.05) is 24.8 Å². The Morgan fingerprint density at radius 1 is 1.25 bits per heavy atom. The van der Waals surface area contributed by atoms with E-state index < -0.39 is 0 Å². The molecule has 1 aromatic rings. The van der Waals surface area contributed by atoms with E-state index in [1.54, 1.807) is 0 Å². The molecule has 0 atom stereocenters. The van der Waals surface area contributed by atoms with Gasteiger partial charge in [-0.25, -0.2) is 0 Å². The van der Waals surface area contributed by atoms with Crippen molar-refractivity contribution in [2.45, 2.75) is 32.7 Å². The SMILES string of the molecule is CCNC1CCN(c2ccccc2C)CC1. The summed E-state index contributed by atoms with van der Waals surface area (Å²) < 4.78 is 0. The van der Waals surface area contributed by atoms with Crippen LogP contribution in [0.1, 0.15) is 25.3 Å². The maximum absolute atomic E-state index is 3.54. The molecule has 88 valence electrons. The Morgan fingerprint density at radius 3 is 2.56 bits per heavy atom. The molecule has 0 aromatic heterocycles. The van der Waals surface area contributed by atoms with Crippen LogP contribution in [0.25, 0.3) is 0 Å². The largest absolute Gasteiger partial charge is 0.371 e. The van der Waals surface area contributed by atoms with Crippen LogP contribution in [0.5, 0.6) is 0 Å². The molecule has 16 heavy (non-hydrogen) atoms. The van der Waals surface area contributed by atoms with E-state index in [1.807, 2.05) is 0 Å². The van der Waals surface area contributed by atoms with Gasteiger partial charge < -0.3 is 10.2 Å². The van der Waals surface area contributed by atoms with Crippen LogP contribution in [0.2, 0.25) is 0 Å². The quantitative estimate of drug-likeness (QED) is 0.839. The standard InChI is InChI=1S/C14H22N2/c1-3-15-13-8-10-16(11-9-13)14-7-5-4-6-12(14)2/h4-7,13,15H,3,8-11H2,1-2H3. The fourth-order valence-electron chi connectivity index (χ4n) is 2.53. The number of rotatable bonds is 3. The highest BCUT2D eigenvalue weighted by Gasteiger charge is 2.18. The Morgan fingerprint density at radius 2 is 1.94 bits per heavy atom. The fourth-order valence-corrected chi connectivity index (χ4v) is 2.53. The molecule has 0 radical (unpaired) electrons. The van der Waals surface area contributed by atoms with Crippen molar-refractivity contribution in [2.75, 3.05) is 24.5 Å². The molecule has 2 nitrogen and oxygen atoms in total. The molecule has 1 saturated heterocycles. The lowest BCUT2D eigenvalue weighted by molar-refractivity contribution is 0.423. The second-order valence-electron chi connectivity index (χ2n) is 4.61. The van der Waals surface area contributed by atoms with Crippen LogP contribution in [0.15, 0.2) is 24.3 Å². The van der Waals surface area contributed by atoms with E-state index in [-0.39, 0.29) is 0 Å². The van der Waals surface area contributed by atoms with Crippen molar-refractivity contribution < 1.29 is 0 Å². The average molecular weight is 218 g/mol. The number of hydrogen-bond acceptors (Lipinski definition) is 2. The first kappa shape index (κ1) is 11.5. The lowest BCUT2D eigenvalue weighted by Gasteiger charge is -2.34. The Hall–Kier alpha value is -1.02. The lowest BCUT2D eigenvalue weighted by atomic mass is 10.0. The number of hydrogen-bond donors (Lipinski definition) is 1. The van der Waals surface area contributed by atoms with Crippen molar-refractivity contribution in [1.82, 2.24) is 5.32 Å². The summed E-state index contributed by atoms with van der Waals surface area (Å²) in [6.07, 6.45) is 2.53. The molecule has 1 aliphatic heterocycles. The van der Waals surface area contributed by atoms with E-state index in [4.69, 9.17) is 0 Å². The van der Waals surface area contributed by atoms with Crippen molar-refractivity contribution in [1.29, 1.82) is 0 Å². The second-order valence-corrected chi connectivity index (χ2v) is 4.61. The van der Waals surface area contributed by atoms with Crippen LogP contribution in [-0.4, -0.2) is 25.7 Å². The second kappa shape index (κ2) is 5.35. The van der Waals surface area contributed by atoms with Crippen molar-refractivity contribution >= 4 is 5.69 Å². The summed E-state index contributed by atoms with van der Waals surface area (Å²) in [5.41, 5.74) is 2.81. The first-order valence-electron chi connectivity index (χ1n) is 6.35. The topological polar surface area (TPSA) is 15.3 Å². The predicted octanol–water partition coefficient (Wildman–Crippen LogP) is 2.57. The zero-order chi connectivity index (χ0) is 11.4. The van der Waals surface area contributed by atoms with Crippen LogP contribution in [0, 0.1) is 6.92 Å². The first-order valence-corrected chi connectivity index (χ1v) is 6.35. The molecule has 1 fully saturated rings. The Balaban J connectivity index is 1.96. The fraction of sp³-hybridized carbons (Fsp3) is 0.571. The van der Waals surface area contributed by atoms with Crippen LogP contribution in [-0.2, 0) is 0 Å². The third kappa shape index (κ3) is 2.56. The molecule has 1 aliphatic rings. The van der Waals surface area contributed by atoms with E-state index in [2.05, 4.69) is 48.3 Å². The van der Waals surface area contributed by atoms with Crippen LogP contribution >= 0.6 is 0 Å². The van der Waals surface area contributed by atoms with Crippen molar-refractivity contribution in [3.05, 3.63) is 29.8 Å². The summed E-state index contributed by atoms with van der Waals surface area (Å²) in [7, 11) is 0. The number of piperidine rings is 1. The summed E-state index contributed by atoms with van der Waals surface area (Å²) >= 11 is 0. The van der Waals surface area contributed by atoms with Gasteiger partial charge in [-0.1, -0.05) is 25.1 Å². The number of anilines is 1. The Labute approximate surface area is 98.7 Å². The van der Waals surface area contributed by atoms with Crippen molar-refractivity contribution in [2.24, 2.45) is 0 Å². The number of aryl methyl sites for hydroxylation is 1. The van der Waals surface area contributed by atoms with Gasteiger partial charge in [-0.2, -0.15) is 0 Å². The van der Waals surface area contributed by atoms with E-state index in [9.17, 15) is 0 Å². The average Bonchev–Trinajstić information content (AvgIpc) is 2.31. The van der Waals surface area contributed by atoms with Gasteiger partial charge in [0.1, 0.15) is 0 Å². The summed E-state index contributed by atoms with van der Waals surface area (Å²) in [5.74, 6) is 0. The van der Waals surface area contributed by atoms with Gasteiger partial charge in [0.2, 0.25) is 0 Å². The monoisotopic (exact) mass is 218 g/mol. The summed E-state index contributed by atoms with van der Waals surface area (Å²) in [4.78, 5) is 2.52. The molecule has 1 aromatic carbocycles. The number of nitrogens with one attached hydrogen (secondary N) is 1. The molecule has 0 saturated carbocycles. The van der Waals surface area contributed by atoms with Crippen LogP contribution < -0.4 is 10.2 Å². The molecule has 0 spiro atoms. The van der Waals surface area contributed by atoms with Gasteiger partial charge in [0.15, 0.2) is 0 Å². The third-order valence-corrected chi connectivity index (χ3v) is 3.44. The predicted molar refractivity (Wildman–Crippen MR) is 70.1 cm³/mol. The summed E-state index contributed by atoms with van der Waals surface area (Å²) in [6.45, 7) is 7.85. The molecular formula is C14H22N2. The number of nitrogens with zero attached hydrogens (tertiary/aromatic N) is 1. The highest BCUT2D eigenvalue weighted by Crippen LogP contribution is 2.23. The van der Waals surface area contributed by atoms with Crippen LogP contribution in [0.3, 0.4) is 0 Å². The van der Waals surface area contributed by atoms with E-state index >= 15 is 0 Å². The molecule has 0 aliphatic carbocycles. The molecule has 2 heteroatoms. The molecule has 0 unspecified atom stereocenters. The molecule has 0 bridgehead atoms. The minimum absolute atomic E-state index is 0.727. The van der Waals surface area contributed by atoms with E-state index in [0.717, 1.165) is 12.6 Å². The molecule has 0 amide bonds. The first-order chi connectivity index (χ1) is 7.81. The highest BCUT2D eigenvalue weighted by molar-refractivity contribution is 5.53. The lowest BCUT2D eigenvalue weighted by Crippen LogP contribution is -2.42. The zero-order valence-electron chi connectivity index (χ0n) is 10.4. The van der Waals surface area contributed by atoms with Gasteiger partial charge in [0.25, 0.3) is 0 Å². The van der Waals surface area contributed by atoms with Crippen molar-refractivity contribution in [3.63, 3.8) is 0 Å². The van der Waals surface area contributed by atoms with E-state index in [1.165, 1.54) is 37.2 Å². The number of para-hydroxylation sites is 1. The van der Waals surface area contributed by atoms with Gasteiger partial charge in [-0.05, 0) is 37.9 Å². The summed E-state index contributed by atoms with van der Waals surface area (Å²) in [5, 5.41) is 3.54. The minimum Gasteiger partial charge on any atom is -0.371 e. The number of benzene rings is 1. The summed E-state index contributed by atoms with van der Waals surface area (Å²) in [6, 6.07) is 9.42. The zero-order valence-corrected chi connectivity index (χ0v) is 10.4. The van der Waals surface area contributed by atoms with Crippen molar-refractivity contribution in [3.8, 4) is 0 Å². The molecule has 1 heterocycles. The molecule has 2 rings (SSSR count). The Bertz CT molecular complexity index is 327. The smallest absolute Gasteiger partial charge is 0.0395 e. The van der Waals surface area contributed by atoms with Gasteiger partial charge in [-0.3, -0.25) is 0 Å². The normalized spacial score (nSPS) is 17.8. The van der Waals surface area contributed by atoms with Gasteiger partial charge >= 0.3 is 0 Å². The van der Waals surface area contributed by atoms with Gasteiger partial charge in [-0.15, -0.1) is 0 Å². The minimum atomic E-state index is 0.727. The molecular weight excluding hydrogens is 196 g/mol. The van der Waals surface area contributed by atoms with Crippen LogP contribution in [0.4, 0.5) is 5.69 Å². The maximum Gasteiger partial charge on any atom is 0.0395 e. The Kier molecular flexibility index (Phi) is 3.83. The van der Waals surface area contributed by atoms with Gasteiger partial charge in [0.05, 0.1) is 0 Å². The maximum atomic E-state index is 3.54. The molecule has 1 N–H and O–H groups in total. The van der Waals surface area contributed by atoms with E-state index in [0.29, 0.717) is 0 Å².